The average molecular weight is 527 g/mol. The van der Waals surface area contributed by atoms with Gasteiger partial charge >= 0.3 is 11.7 Å². The number of aromatic nitrogens is 4. The van der Waals surface area contributed by atoms with E-state index in [9.17, 15) is 19.2 Å². The van der Waals surface area contributed by atoms with Gasteiger partial charge in [0.05, 0.1) is 0 Å². The second-order valence-corrected chi connectivity index (χ2v) is 9.82. The zero-order valence-electron chi connectivity index (χ0n) is 21.7. The predicted molar refractivity (Wildman–Crippen MR) is 145 cm³/mol. The first kappa shape index (κ1) is 28.1. The smallest absolute Gasteiger partial charge is 0.332 e. The number of nitrogens with zero attached hydrogens (tertiary/aromatic N) is 4. The van der Waals surface area contributed by atoms with Gasteiger partial charge in [0.15, 0.2) is 5.65 Å². The highest BCUT2D eigenvalue weighted by Gasteiger charge is 2.27. The molecule has 2 N–H and O–H groups in total. The molecule has 0 bridgehead atoms. The molecule has 11 heteroatoms. The summed E-state index contributed by atoms with van der Waals surface area (Å²) in [6, 6.07) is 8.34. The lowest BCUT2D eigenvalue weighted by Gasteiger charge is -2.18. The maximum atomic E-state index is 13.3. The fraction of sp³-hybridized carbons (Fsp3) is 0.462. The Balaban J connectivity index is 2.21. The average Bonchev–Trinajstić information content (AvgIpc) is 2.90. The number of rotatable bonds is 11. The number of carbonyl (C=O) groups is 2. The van der Waals surface area contributed by atoms with Gasteiger partial charge in [-0.2, -0.15) is 0 Å². The Morgan fingerprint density at radius 2 is 1.76 bits per heavy atom. The molecular weight excluding hydrogens is 492 g/mol. The normalized spacial score (nSPS) is 11.9. The Hall–Kier alpha value is -3.47. The van der Waals surface area contributed by atoms with Crippen LogP contribution in [0.25, 0.3) is 11.0 Å². The summed E-state index contributed by atoms with van der Waals surface area (Å²) >= 11 is 1.07. The van der Waals surface area contributed by atoms with Crippen LogP contribution in [0.3, 0.4) is 0 Å². The second kappa shape index (κ2) is 13.2. The van der Waals surface area contributed by atoms with E-state index in [1.54, 1.807) is 24.3 Å². The lowest BCUT2D eigenvalue weighted by atomic mass is 10.1. The lowest BCUT2D eigenvalue weighted by Crippen LogP contribution is -2.40. The number of thioether (sulfide) groups is 1. The summed E-state index contributed by atoms with van der Waals surface area (Å²) < 4.78 is 2.55. The highest BCUT2D eigenvalue weighted by molar-refractivity contribution is 8.00. The molecule has 0 aliphatic carbocycles. The number of unbranched alkanes of at least 4 members (excludes halogenated alkanes) is 3. The van der Waals surface area contributed by atoms with E-state index >= 15 is 0 Å². The van der Waals surface area contributed by atoms with Crippen molar-refractivity contribution in [3.8, 4) is 0 Å². The molecule has 2 aromatic heterocycles. The Bertz CT molecular complexity index is 1370. The molecule has 0 fully saturated rings. The van der Waals surface area contributed by atoms with Gasteiger partial charge < -0.3 is 5.32 Å². The van der Waals surface area contributed by atoms with Gasteiger partial charge in [0.2, 0.25) is 5.91 Å². The fourth-order valence-corrected chi connectivity index (χ4v) is 5.10. The third-order valence-corrected chi connectivity index (χ3v) is 7.17. The SMILES string of the molecule is CCCCCCc1nc(S[C@@H](C(=O)NC(=O)NC)c2ccccc2)c2c(=O)n(C)c(=O)n(CCC)c2n1. The highest BCUT2D eigenvalue weighted by Crippen LogP contribution is 2.37. The molecule has 3 aromatic rings. The van der Waals surface area contributed by atoms with Crippen LogP contribution in [0.1, 0.15) is 62.6 Å². The van der Waals surface area contributed by atoms with Crippen molar-refractivity contribution in [1.29, 1.82) is 0 Å². The Morgan fingerprint density at radius 1 is 1.03 bits per heavy atom. The first-order valence-corrected chi connectivity index (χ1v) is 13.4. The summed E-state index contributed by atoms with van der Waals surface area (Å²) in [6.07, 6.45) is 5.31. The van der Waals surface area contributed by atoms with E-state index in [1.807, 2.05) is 13.0 Å². The van der Waals surface area contributed by atoms with E-state index in [2.05, 4.69) is 22.5 Å². The maximum Gasteiger partial charge on any atom is 0.332 e. The summed E-state index contributed by atoms with van der Waals surface area (Å²) in [4.78, 5) is 60.8. The van der Waals surface area contributed by atoms with E-state index in [1.165, 1.54) is 18.7 Å². The Morgan fingerprint density at radius 3 is 2.41 bits per heavy atom. The van der Waals surface area contributed by atoms with Gasteiger partial charge in [0, 0.05) is 27.1 Å². The van der Waals surface area contributed by atoms with Crippen LogP contribution in [-0.4, -0.2) is 38.1 Å². The van der Waals surface area contributed by atoms with Gasteiger partial charge in [-0.1, -0.05) is 75.2 Å². The summed E-state index contributed by atoms with van der Waals surface area (Å²) in [5, 5.41) is 4.34. The standard InChI is InChI=1S/C26H34N6O4S/c1-5-7-8-12-15-18-28-21-19(24(34)31(4)26(36)32(21)16-6-2)23(29-18)37-20(17-13-10-9-11-14-17)22(33)30-25(35)27-3/h9-11,13-14,20H,5-8,12,15-16H2,1-4H3,(H2,27,30,33,35)/t20-/m1/s1. The van der Waals surface area contributed by atoms with Crippen molar-refractivity contribution >= 4 is 34.7 Å². The van der Waals surface area contributed by atoms with Crippen LogP contribution in [0, 0.1) is 0 Å². The Kier molecular flexibility index (Phi) is 10.0. The maximum absolute atomic E-state index is 13.3. The van der Waals surface area contributed by atoms with E-state index in [0.29, 0.717) is 35.8 Å². The highest BCUT2D eigenvalue weighted by atomic mass is 32.2. The zero-order chi connectivity index (χ0) is 26.9. The van der Waals surface area contributed by atoms with Crippen LogP contribution in [0.2, 0.25) is 0 Å². The molecule has 10 nitrogen and oxygen atoms in total. The molecule has 0 saturated carbocycles. The molecule has 2 heterocycles. The van der Waals surface area contributed by atoms with Crippen LogP contribution in [0.4, 0.5) is 4.79 Å². The first-order chi connectivity index (χ1) is 17.8. The predicted octanol–water partition coefficient (Wildman–Crippen LogP) is 3.31. The van der Waals surface area contributed by atoms with Gasteiger partial charge in [-0.3, -0.25) is 24.0 Å². The third kappa shape index (κ3) is 6.65. The molecule has 37 heavy (non-hydrogen) atoms. The number of urea groups is 1. The number of fused-ring (bicyclic) bond motifs is 1. The first-order valence-electron chi connectivity index (χ1n) is 12.6. The van der Waals surface area contributed by atoms with Crippen LogP contribution in [0.15, 0.2) is 44.9 Å². The molecule has 0 radical (unpaired) electrons. The second-order valence-electron chi connectivity index (χ2n) is 8.73. The molecule has 0 aliphatic heterocycles. The van der Waals surface area contributed by atoms with E-state index in [4.69, 9.17) is 4.98 Å². The van der Waals surface area contributed by atoms with Crippen molar-refractivity contribution in [2.24, 2.45) is 7.05 Å². The van der Waals surface area contributed by atoms with Crippen molar-refractivity contribution in [2.45, 2.75) is 69.2 Å². The minimum atomic E-state index is -0.874. The van der Waals surface area contributed by atoms with Crippen molar-refractivity contribution in [1.82, 2.24) is 29.7 Å². The summed E-state index contributed by atoms with van der Waals surface area (Å²) in [5.41, 5.74) is -0.0471. The van der Waals surface area contributed by atoms with Crippen LogP contribution < -0.4 is 21.9 Å². The molecule has 0 aliphatic rings. The molecule has 3 amide bonds. The number of carbonyl (C=O) groups excluding carboxylic acids is 2. The summed E-state index contributed by atoms with van der Waals surface area (Å²) in [6.45, 7) is 4.47. The Labute approximate surface area is 219 Å². The number of nitrogens with one attached hydrogen (secondary N) is 2. The summed E-state index contributed by atoms with van der Waals surface area (Å²) in [5.74, 6) is -0.0346. The molecule has 1 atom stereocenters. The third-order valence-electron chi connectivity index (χ3n) is 5.93. The quantitative estimate of drug-likeness (QED) is 0.223. The topological polar surface area (TPSA) is 128 Å². The molecular formula is C26H34N6O4S. The van der Waals surface area contributed by atoms with Gasteiger partial charge in [0.25, 0.3) is 5.56 Å². The van der Waals surface area contributed by atoms with Crippen LogP contribution in [0.5, 0.6) is 0 Å². The molecule has 0 spiro atoms. The van der Waals surface area contributed by atoms with Crippen LogP contribution >= 0.6 is 11.8 Å². The van der Waals surface area contributed by atoms with Gasteiger partial charge in [-0.25, -0.2) is 19.6 Å². The van der Waals surface area contributed by atoms with Crippen molar-refractivity contribution < 1.29 is 9.59 Å². The number of hydrogen-bond donors (Lipinski definition) is 2. The van der Waals surface area contributed by atoms with E-state index in [-0.39, 0.29) is 11.0 Å². The van der Waals surface area contributed by atoms with E-state index < -0.39 is 28.4 Å². The van der Waals surface area contributed by atoms with Gasteiger partial charge in [-0.05, 0) is 18.4 Å². The lowest BCUT2D eigenvalue weighted by molar-refractivity contribution is -0.119. The largest absolute Gasteiger partial charge is 0.341 e. The molecule has 0 saturated heterocycles. The molecule has 0 unspecified atom stereocenters. The van der Waals surface area contributed by atoms with Crippen molar-refractivity contribution in [3.05, 3.63) is 62.6 Å². The number of aryl methyl sites for hydroxylation is 2. The number of hydrogen-bond acceptors (Lipinski definition) is 7. The minimum absolute atomic E-state index is 0.187. The van der Waals surface area contributed by atoms with Crippen molar-refractivity contribution in [2.75, 3.05) is 7.05 Å². The molecule has 1 aromatic carbocycles. The zero-order valence-corrected chi connectivity index (χ0v) is 22.6. The molecule has 198 valence electrons. The molecule has 3 rings (SSSR count). The van der Waals surface area contributed by atoms with Gasteiger partial charge in [-0.15, -0.1) is 0 Å². The number of amides is 3. The van der Waals surface area contributed by atoms with Gasteiger partial charge in [0.1, 0.15) is 21.5 Å². The fourth-order valence-electron chi connectivity index (χ4n) is 3.97. The van der Waals surface area contributed by atoms with Crippen molar-refractivity contribution in [3.63, 3.8) is 0 Å². The number of benzene rings is 1. The minimum Gasteiger partial charge on any atom is -0.341 e. The monoisotopic (exact) mass is 526 g/mol. The van der Waals surface area contributed by atoms with E-state index in [0.717, 1.165) is 42.0 Å². The van der Waals surface area contributed by atoms with Crippen LogP contribution in [-0.2, 0) is 24.8 Å². The number of imide groups is 1. The summed E-state index contributed by atoms with van der Waals surface area (Å²) in [7, 11) is 2.85.